The maximum Gasteiger partial charge on any atom is 0.411 e. The molecule has 1 fully saturated rings. The Morgan fingerprint density at radius 1 is 1.48 bits per heavy atom. The highest BCUT2D eigenvalue weighted by Crippen LogP contribution is 2.24. The van der Waals surface area contributed by atoms with Crippen molar-refractivity contribution in [2.24, 2.45) is 4.99 Å². The number of carbonyl (C=O) groups is 2. The molecule has 1 aromatic heterocycles. The molecule has 9 heteroatoms. The fraction of sp³-hybridized carbons (Fsp3) is 0.571. The van der Waals surface area contributed by atoms with E-state index in [0.29, 0.717) is 4.85 Å². The van der Waals surface area contributed by atoms with Crippen molar-refractivity contribution in [1.29, 1.82) is 0 Å². The van der Waals surface area contributed by atoms with E-state index in [9.17, 15) is 19.2 Å². The van der Waals surface area contributed by atoms with Crippen LogP contribution in [-0.4, -0.2) is 56.4 Å². The van der Waals surface area contributed by atoms with Gasteiger partial charge < -0.3 is 9.94 Å². The SMILES string of the molecule is CC(C)(C)OC(=O)N1C[C@H](F)C[C@H]1C(=O)N=c1cccnn1O. The zero-order chi connectivity index (χ0) is 17.2. The van der Waals surface area contributed by atoms with Gasteiger partial charge in [0.15, 0.2) is 5.49 Å². The Labute approximate surface area is 132 Å². The van der Waals surface area contributed by atoms with Crippen molar-refractivity contribution in [3.8, 4) is 0 Å². The zero-order valence-corrected chi connectivity index (χ0v) is 13.1. The molecule has 126 valence electrons. The van der Waals surface area contributed by atoms with Crippen molar-refractivity contribution >= 4 is 12.0 Å². The third-order valence-corrected chi connectivity index (χ3v) is 3.10. The average Bonchev–Trinajstić information content (AvgIpc) is 2.82. The van der Waals surface area contributed by atoms with Gasteiger partial charge >= 0.3 is 6.09 Å². The number of aromatic nitrogens is 2. The van der Waals surface area contributed by atoms with Gasteiger partial charge in [-0.25, -0.2) is 9.18 Å². The molecule has 0 radical (unpaired) electrons. The summed E-state index contributed by atoms with van der Waals surface area (Å²) in [6.45, 7) is 4.81. The van der Waals surface area contributed by atoms with Crippen LogP contribution in [0.1, 0.15) is 27.2 Å². The second-order valence-electron chi connectivity index (χ2n) is 6.20. The predicted octanol–water partition coefficient (Wildman–Crippen LogP) is 0.895. The largest absolute Gasteiger partial charge is 0.444 e. The van der Waals surface area contributed by atoms with Gasteiger partial charge in [-0.05, 0) is 32.9 Å². The molecule has 2 heterocycles. The average molecular weight is 326 g/mol. The standard InChI is InChI=1S/C14H19FN4O4/c1-14(2,3)23-13(21)18-8-9(15)7-10(18)12(20)17-11-5-4-6-16-19(11)22/h4-6,9-10,22H,7-8H2,1-3H3/t9-,10+/m1/s1. The van der Waals surface area contributed by atoms with E-state index >= 15 is 0 Å². The van der Waals surface area contributed by atoms with Gasteiger partial charge in [-0.3, -0.25) is 9.69 Å². The first-order chi connectivity index (χ1) is 10.7. The number of likely N-dealkylation sites (tertiary alicyclic amines) is 1. The summed E-state index contributed by atoms with van der Waals surface area (Å²) in [6, 6.07) is 1.78. The third-order valence-electron chi connectivity index (χ3n) is 3.10. The number of halogens is 1. The van der Waals surface area contributed by atoms with E-state index in [0.717, 1.165) is 4.90 Å². The Kier molecular flexibility index (Phi) is 4.67. The van der Waals surface area contributed by atoms with Crippen LogP contribution >= 0.6 is 0 Å². The van der Waals surface area contributed by atoms with Gasteiger partial charge in [0.25, 0.3) is 5.91 Å². The summed E-state index contributed by atoms with van der Waals surface area (Å²) in [4.78, 5) is 29.5. The summed E-state index contributed by atoms with van der Waals surface area (Å²) in [5, 5.41) is 13.0. The Morgan fingerprint density at radius 3 is 2.78 bits per heavy atom. The third kappa shape index (κ3) is 4.27. The fourth-order valence-electron chi connectivity index (χ4n) is 2.17. The minimum absolute atomic E-state index is 0.107. The van der Waals surface area contributed by atoms with Crippen LogP contribution in [0, 0.1) is 0 Å². The molecule has 0 aromatic carbocycles. The fourth-order valence-corrected chi connectivity index (χ4v) is 2.17. The van der Waals surface area contributed by atoms with Crippen LogP contribution in [0.15, 0.2) is 23.3 Å². The molecule has 1 saturated heterocycles. The van der Waals surface area contributed by atoms with E-state index in [4.69, 9.17) is 4.74 Å². The Morgan fingerprint density at radius 2 is 2.17 bits per heavy atom. The summed E-state index contributed by atoms with van der Waals surface area (Å²) in [6.07, 6.45) is -0.951. The van der Waals surface area contributed by atoms with Gasteiger partial charge in [-0.1, -0.05) is 4.85 Å². The number of amides is 2. The van der Waals surface area contributed by atoms with Crippen LogP contribution in [0.25, 0.3) is 0 Å². The molecule has 0 bridgehead atoms. The molecule has 1 aromatic rings. The van der Waals surface area contributed by atoms with Crippen LogP contribution in [-0.2, 0) is 9.53 Å². The Balaban J connectivity index is 2.22. The number of carbonyl (C=O) groups excluding carboxylic acids is 2. The van der Waals surface area contributed by atoms with Crippen molar-refractivity contribution in [1.82, 2.24) is 14.8 Å². The van der Waals surface area contributed by atoms with Crippen LogP contribution in [0.5, 0.6) is 0 Å². The number of alkyl halides is 1. The monoisotopic (exact) mass is 326 g/mol. The summed E-state index contributed by atoms with van der Waals surface area (Å²) in [5.41, 5.74) is -0.864. The summed E-state index contributed by atoms with van der Waals surface area (Å²) in [5.74, 6) is -0.744. The van der Waals surface area contributed by atoms with Crippen molar-refractivity contribution in [2.45, 2.75) is 45.0 Å². The molecular weight excluding hydrogens is 307 g/mol. The molecule has 0 aliphatic carbocycles. The lowest BCUT2D eigenvalue weighted by Crippen LogP contribution is -2.43. The molecule has 2 atom stereocenters. The number of rotatable bonds is 1. The Bertz CT molecular complexity index is 667. The highest BCUT2D eigenvalue weighted by atomic mass is 19.1. The lowest BCUT2D eigenvalue weighted by atomic mass is 10.2. The molecule has 23 heavy (non-hydrogen) atoms. The number of ether oxygens (including phenoxy) is 1. The number of hydrogen-bond acceptors (Lipinski definition) is 5. The van der Waals surface area contributed by atoms with Gasteiger partial charge in [0, 0.05) is 6.42 Å². The van der Waals surface area contributed by atoms with Crippen LogP contribution in [0.2, 0.25) is 0 Å². The van der Waals surface area contributed by atoms with Crippen LogP contribution in [0.3, 0.4) is 0 Å². The predicted molar refractivity (Wildman–Crippen MR) is 76.2 cm³/mol. The second kappa shape index (κ2) is 6.35. The number of nitrogens with zero attached hydrogens (tertiary/aromatic N) is 4. The zero-order valence-electron chi connectivity index (χ0n) is 13.1. The number of hydrogen-bond donors (Lipinski definition) is 1. The maximum atomic E-state index is 13.7. The topological polar surface area (TPSA) is 97.0 Å². The summed E-state index contributed by atoms with van der Waals surface area (Å²) in [7, 11) is 0. The molecule has 1 aliphatic rings. The first-order valence-electron chi connectivity index (χ1n) is 7.13. The molecule has 2 rings (SSSR count). The lowest BCUT2D eigenvalue weighted by Gasteiger charge is -2.26. The molecule has 1 N–H and O–H groups in total. The molecule has 8 nitrogen and oxygen atoms in total. The quantitative estimate of drug-likeness (QED) is 0.773. The van der Waals surface area contributed by atoms with Gasteiger partial charge in [-0.15, -0.1) is 5.10 Å². The molecule has 1 aliphatic heterocycles. The van der Waals surface area contributed by atoms with Crippen molar-refractivity contribution in [3.05, 3.63) is 23.8 Å². The molecular formula is C14H19FN4O4. The highest BCUT2D eigenvalue weighted by molar-refractivity contribution is 5.87. The Hall–Kier alpha value is -2.45. The van der Waals surface area contributed by atoms with Crippen LogP contribution < -0.4 is 5.49 Å². The second-order valence-corrected chi connectivity index (χ2v) is 6.20. The van der Waals surface area contributed by atoms with E-state index in [-0.39, 0.29) is 18.5 Å². The van der Waals surface area contributed by atoms with Gasteiger partial charge in [0.1, 0.15) is 17.8 Å². The molecule has 0 unspecified atom stereocenters. The van der Waals surface area contributed by atoms with Gasteiger partial charge in [0.2, 0.25) is 0 Å². The lowest BCUT2D eigenvalue weighted by molar-refractivity contribution is -0.122. The van der Waals surface area contributed by atoms with E-state index in [1.54, 1.807) is 20.8 Å². The molecule has 2 amide bonds. The first kappa shape index (κ1) is 16.9. The van der Waals surface area contributed by atoms with E-state index in [2.05, 4.69) is 10.1 Å². The summed E-state index contributed by atoms with van der Waals surface area (Å²) < 4.78 is 18.9. The van der Waals surface area contributed by atoms with Gasteiger partial charge in [0.05, 0.1) is 12.7 Å². The highest BCUT2D eigenvalue weighted by Gasteiger charge is 2.41. The van der Waals surface area contributed by atoms with E-state index in [1.165, 1.54) is 18.3 Å². The summed E-state index contributed by atoms with van der Waals surface area (Å²) >= 11 is 0. The van der Waals surface area contributed by atoms with Crippen LogP contribution in [0.4, 0.5) is 9.18 Å². The normalized spacial score (nSPS) is 22.3. The van der Waals surface area contributed by atoms with E-state index in [1.807, 2.05) is 0 Å². The minimum Gasteiger partial charge on any atom is -0.444 e. The first-order valence-corrected chi connectivity index (χ1v) is 7.13. The van der Waals surface area contributed by atoms with E-state index < -0.39 is 29.8 Å². The van der Waals surface area contributed by atoms with Gasteiger partial charge in [-0.2, -0.15) is 4.99 Å². The maximum absolute atomic E-state index is 13.7. The minimum atomic E-state index is -1.33. The molecule has 0 spiro atoms. The van der Waals surface area contributed by atoms with Crippen molar-refractivity contribution in [3.63, 3.8) is 0 Å². The molecule has 0 saturated carbocycles. The van der Waals surface area contributed by atoms with Crippen molar-refractivity contribution in [2.75, 3.05) is 6.54 Å². The van der Waals surface area contributed by atoms with Crippen molar-refractivity contribution < 1.29 is 23.9 Å². The smallest absolute Gasteiger partial charge is 0.411 e.